The minimum Gasteiger partial charge on any atom is -0.462 e. The molecule has 0 atom stereocenters. The second kappa shape index (κ2) is 11.8. The monoisotopic (exact) mass is 370 g/mol. The SMILES string of the molecule is CCCCOC(=O)c1ccc(NC(=O)CCN2CCOCC2)cc1.Cl. The Morgan fingerprint density at radius 2 is 1.88 bits per heavy atom. The summed E-state index contributed by atoms with van der Waals surface area (Å²) in [5, 5.41) is 2.85. The molecular weight excluding hydrogens is 344 g/mol. The number of carbonyl (C=O) groups excluding carboxylic acids is 2. The standard InChI is InChI=1S/C18H26N2O4.ClH/c1-2-3-12-24-18(22)15-4-6-16(7-5-15)19-17(21)8-9-20-10-13-23-14-11-20;/h4-7H,2-3,8-14H2,1H3,(H,19,21);1H. The smallest absolute Gasteiger partial charge is 0.338 e. The molecule has 2 rings (SSSR count). The lowest BCUT2D eigenvalue weighted by Crippen LogP contribution is -2.38. The fourth-order valence-corrected chi connectivity index (χ4v) is 2.39. The van der Waals surface area contributed by atoms with E-state index in [0.717, 1.165) is 45.7 Å². The minimum absolute atomic E-state index is 0. The van der Waals surface area contributed by atoms with Crippen molar-refractivity contribution >= 4 is 30.0 Å². The van der Waals surface area contributed by atoms with Crippen LogP contribution in [-0.2, 0) is 14.3 Å². The van der Waals surface area contributed by atoms with Gasteiger partial charge in [0, 0.05) is 31.7 Å². The van der Waals surface area contributed by atoms with Crippen LogP contribution in [0.4, 0.5) is 5.69 Å². The van der Waals surface area contributed by atoms with Gasteiger partial charge in [-0.3, -0.25) is 9.69 Å². The van der Waals surface area contributed by atoms with Crippen molar-refractivity contribution in [3.8, 4) is 0 Å². The molecule has 1 saturated heterocycles. The average Bonchev–Trinajstić information content (AvgIpc) is 2.61. The maximum absolute atomic E-state index is 12.0. The molecule has 0 unspecified atom stereocenters. The van der Waals surface area contributed by atoms with Gasteiger partial charge in [-0.05, 0) is 30.7 Å². The largest absolute Gasteiger partial charge is 0.462 e. The molecule has 1 fully saturated rings. The van der Waals surface area contributed by atoms with Crippen molar-refractivity contribution in [2.75, 3.05) is 44.8 Å². The molecular formula is C18H27ClN2O4. The van der Waals surface area contributed by atoms with E-state index in [1.807, 2.05) is 6.92 Å². The highest BCUT2D eigenvalue weighted by molar-refractivity contribution is 5.93. The summed E-state index contributed by atoms with van der Waals surface area (Å²) in [6, 6.07) is 6.80. The predicted octanol–water partition coefficient (Wildman–Crippen LogP) is 2.73. The van der Waals surface area contributed by atoms with Crippen LogP contribution in [0.5, 0.6) is 0 Å². The molecule has 1 aromatic carbocycles. The van der Waals surface area contributed by atoms with Crippen molar-refractivity contribution in [2.45, 2.75) is 26.2 Å². The van der Waals surface area contributed by atoms with E-state index in [1.54, 1.807) is 24.3 Å². The topological polar surface area (TPSA) is 67.9 Å². The molecule has 0 aliphatic carbocycles. The van der Waals surface area contributed by atoms with Gasteiger partial charge in [-0.2, -0.15) is 0 Å². The molecule has 0 spiro atoms. The van der Waals surface area contributed by atoms with E-state index in [-0.39, 0.29) is 24.3 Å². The second-order valence-corrected chi connectivity index (χ2v) is 5.82. The van der Waals surface area contributed by atoms with E-state index in [2.05, 4.69) is 10.2 Å². The van der Waals surface area contributed by atoms with Crippen molar-refractivity contribution in [3.63, 3.8) is 0 Å². The van der Waals surface area contributed by atoms with E-state index >= 15 is 0 Å². The molecule has 6 nitrogen and oxygen atoms in total. The Morgan fingerprint density at radius 3 is 2.52 bits per heavy atom. The maximum Gasteiger partial charge on any atom is 0.338 e. The van der Waals surface area contributed by atoms with Gasteiger partial charge < -0.3 is 14.8 Å². The third-order valence-electron chi connectivity index (χ3n) is 3.89. The van der Waals surface area contributed by atoms with E-state index in [0.29, 0.717) is 24.3 Å². The van der Waals surface area contributed by atoms with Crippen LogP contribution in [0.25, 0.3) is 0 Å². The Hall–Kier alpha value is -1.63. The molecule has 1 aliphatic rings. The predicted molar refractivity (Wildman–Crippen MR) is 99.4 cm³/mol. The van der Waals surface area contributed by atoms with Crippen molar-refractivity contribution in [1.29, 1.82) is 0 Å². The lowest BCUT2D eigenvalue weighted by molar-refractivity contribution is -0.116. The van der Waals surface area contributed by atoms with Crippen molar-refractivity contribution in [2.24, 2.45) is 0 Å². The molecule has 0 bridgehead atoms. The molecule has 140 valence electrons. The third kappa shape index (κ3) is 7.86. The zero-order chi connectivity index (χ0) is 17.2. The van der Waals surface area contributed by atoms with Crippen LogP contribution in [0.1, 0.15) is 36.5 Å². The van der Waals surface area contributed by atoms with Gasteiger partial charge in [-0.25, -0.2) is 4.79 Å². The highest BCUT2D eigenvalue weighted by Crippen LogP contribution is 2.11. The van der Waals surface area contributed by atoms with Gasteiger partial charge in [0.2, 0.25) is 5.91 Å². The second-order valence-electron chi connectivity index (χ2n) is 5.82. The zero-order valence-corrected chi connectivity index (χ0v) is 15.5. The van der Waals surface area contributed by atoms with E-state index in [1.165, 1.54) is 0 Å². The Morgan fingerprint density at radius 1 is 1.20 bits per heavy atom. The maximum atomic E-state index is 12.0. The number of morpholine rings is 1. The summed E-state index contributed by atoms with van der Waals surface area (Å²) in [5.74, 6) is -0.353. The quantitative estimate of drug-likeness (QED) is 0.563. The molecule has 1 aromatic rings. The summed E-state index contributed by atoms with van der Waals surface area (Å²) in [6.07, 6.45) is 2.30. The number of nitrogens with zero attached hydrogens (tertiary/aromatic N) is 1. The highest BCUT2D eigenvalue weighted by Gasteiger charge is 2.12. The molecule has 1 amide bonds. The van der Waals surface area contributed by atoms with Gasteiger partial charge in [-0.1, -0.05) is 13.3 Å². The highest BCUT2D eigenvalue weighted by atomic mass is 35.5. The summed E-state index contributed by atoms with van der Waals surface area (Å²) in [6.45, 7) is 6.44. The summed E-state index contributed by atoms with van der Waals surface area (Å²) >= 11 is 0. The number of halogens is 1. The Labute approximate surface area is 155 Å². The first-order chi connectivity index (χ1) is 11.7. The minimum atomic E-state index is -0.325. The van der Waals surface area contributed by atoms with E-state index < -0.39 is 0 Å². The zero-order valence-electron chi connectivity index (χ0n) is 14.7. The Bertz CT molecular complexity index is 530. The number of nitrogens with one attached hydrogen (secondary N) is 1. The number of amides is 1. The van der Waals surface area contributed by atoms with Gasteiger partial charge in [0.25, 0.3) is 0 Å². The lowest BCUT2D eigenvalue weighted by atomic mass is 10.2. The van der Waals surface area contributed by atoms with Gasteiger partial charge in [-0.15, -0.1) is 12.4 Å². The van der Waals surface area contributed by atoms with Gasteiger partial charge >= 0.3 is 5.97 Å². The molecule has 1 aliphatic heterocycles. The van der Waals surface area contributed by atoms with Crippen LogP contribution in [-0.4, -0.2) is 56.2 Å². The molecule has 0 radical (unpaired) electrons. The molecule has 7 heteroatoms. The Kier molecular flexibility index (Phi) is 10.1. The van der Waals surface area contributed by atoms with Crippen molar-refractivity contribution < 1.29 is 19.1 Å². The molecule has 0 aromatic heterocycles. The van der Waals surface area contributed by atoms with Gasteiger partial charge in [0.15, 0.2) is 0 Å². The number of anilines is 1. The number of ether oxygens (including phenoxy) is 2. The lowest BCUT2D eigenvalue weighted by Gasteiger charge is -2.26. The number of esters is 1. The van der Waals surface area contributed by atoms with Gasteiger partial charge in [0.05, 0.1) is 25.4 Å². The van der Waals surface area contributed by atoms with Crippen molar-refractivity contribution in [1.82, 2.24) is 4.90 Å². The van der Waals surface area contributed by atoms with Crippen LogP contribution in [0.15, 0.2) is 24.3 Å². The molecule has 0 saturated carbocycles. The van der Waals surface area contributed by atoms with Crippen LogP contribution in [0, 0.1) is 0 Å². The van der Waals surface area contributed by atoms with Gasteiger partial charge in [0.1, 0.15) is 0 Å². The molecule has 1 N–H and O–H groups in total. The van der Waals surface area contributed by atoms with Crippen LogP contribution >= 0.6 is 12.4 Å². The van der Waals surface area contributed by atoms with Crippen LogP contribution in [0.2, 0.25) is 0 Å². The van der Waals surface area contributed by atoms with E-state index in [4.69, 9.17) is 9.47 Å². The summed E-state index contributed by atoms with van der Waals surface area (Å²) in [5.41, 5.74) is 1.18. The van der Waals surface area contributed by atoms with E-state index in [9.17, 15) is 9.59 Å². The fraction of sp³-hybridized carbons (Fsp3) is 0.556. The fourth-order valence-electron chi connectivity index (χ4n) is 2.39. The number of carbonyl (C=O) groups is 2. The third-order valence-corrected chi connectivity index (χ3v) is 3.89. The first kappa shape index (κ1) is 21.4. The normalized spacial score (nSPS) is 14.4. The number of hydrogen-bond donors (Lipinski definition) is 1. The van der Waals surface area contributed by atoms with Crippen LogP contribution < -0.4 is 5.32 Å². The summed E-state index contributed by atoms with van der Waals surface area (Å²) < 4.78 is 10.4. The first-order valence-electron chi connectivity index (χ1n) is 8.56. The number of unbranched alkanes of at least 4 members (excludes halogenated alkanes) is 1. The number of rotatable bonds is 8. The molecule has 25 heavy (non-hydrogen) atoms. The Balaban J connectivity index is 0.00000312. The number of hydrogen-bond acceptors (Lipinski definition) is 5. The van der Waals surface area contributed by atoms with Crippen LogP contribution in [0.3, 0.4) is 0 Å². The summed E-state index contributed by atoms with van der Waals surface area (Å²) in [4.78, 5) is 26.0. The molecule has 1 heterocycles. The van der Waals surface area contributed by atoms with Crippen molar-refractivity contribution in [3.05, 3.63) is 29.8 Å². The average molecular weight is 371 g/mol. The first-order valence-corrected chi connectivity index (χ1v) is 8.56. The number of benzene rings is 1. The summed E-state index contributed by atoms with van der Waals surface area (Å²) in [7, 11) is 0.